The van der Waals surface area contributed by atoms with Gasteiger partial charge in [-0.25, -0.2) is 0 Å². The van der Waals surface area contributed by atoms with Crippen molar-refractivity contribution in [3.8, 4) is 11.8 Å². The number of halogens is 2. The Morgan fingerprint density at radius 1 is 1.29 bits per heavy atom. The predicted molar refractivity (Wildman–Crippen MR) is 102 cm³/mol. The first kappa shape index (κ1) is 18.2. The number of carbonyl (C=O) groups is 1. The molecule has 0 aliphatic carbocycles. The Morgan fingerprint density at radius 2 is 2.04 bits per heavy atom. The smallest absolute Gasteiger partial charge is 0.266 e. The van der Waals surface area contributed by atoms with Crippen molar-refractivity contribution in [1.29, 1.82) is 5.26 Å². The number of benzene rings is 2. The first-order chi connectivity index (χ1) is 11.5. The van der Waals surface area contributed by atoms with Crippen LogP contribution in [-0.4, -0.2) is 12.5 Å². The third-order valence-corrected chi connectivity index (χ3v) is 4.24. The van der Waals surface area contributed by atoms with E-state index in [0.717, 1.165) is 8.95 Å². The molecule has 0 bridgehead atoms. The molecule has 2 aromatic carbocycles. The zero-order chi connectivity index (χ0) is 17.5. The lowest BCUT2D eigenvalue weighted by Crippen LogP contribution is -2.13. The summed E-state index contributed by atoms with van der Waals surface area (Å²) in [6.07, 6.45) is 1.52. The number of amides is 1. The van der Waals surface area contributed by atoms with E-state index in [0.29, 0.717) is 23.6 Å². The predicted octanol–water partition coefficient (Wildman–Crippen LogP) is 5.16. The highest BCUT2D eigenvalue weighted by atomic mass is 79.9. The highest BCUT2D eigenvalue weighted by Gasteiger charge is 2.13. The van der Waals surface area contributed by atoms with Gasteiger partial charge in [-0.05, 0) is 59.3 Å². The van der Waals surface area contributed by atoms with E-state index in [-0.39, 0.29) is 5.57 Å². The third-order valence-electron chi connectivity index (χ3n) is 3.06. The zero-order valence-corrected chi connectivity index (χ0v) is 16.0. The second-order valence-electron chi connectivity index (χ2n) is 4.72. The van der Waals surface area contributed by atoms with E-state index in [2.05, 4.69) is 37.2 Å². The minimum Gasteiger partial charge on any atom is -0.493 e. The van der Waals surface area contributed by atoms with Crippen LogP contribution in [0.4, 0.5) is 5.69 Å². The monoisotopic (exact) mass is 448 g/mol. The van der Waals surface area contributed by atoms with Gasteiger partial charge < -0.3 is 10.1 Å². The fraction of sp³-hybridized carbons (Fsp3) is 0.111. The third kappa shape index (κ3) is 4.70. The second-order valence-corrected chi connectivity index (χ2v) is 6.49. The topological polar surface area (TPSA) is 62.1 Å². The maximum absolute atomic E-state index is 12.4. The van der Waals surface area contributed by atoms with Gasteiger partial charge in [-0.1, -0.05) is 28.1 Å². The molecule has 0 aliphatic rings. The molecule has 24 heavy (non-hydrogen) atoms. The van der Waals surface area contributed by atoms with Crippen molar-refractivity contribution in [3.63, 3.8) is 0 Å². The molecule has 0 spiro atoms. The van der Waals surface area contributed by atoms with E-state index in [4.69, 9.17) is 4.74 Å². The molecular formula is C18H14Br2N2O2. The van der Waals surface area contributed by atoms with E-state index in [1.807, 2.05) is 31.2 Å². The van der Waals surface area contributed by atoms with Gasteiger partial charge in [0.1, 0.15) is 17.4 Å². The summed E-state index contributed by atoms with van der Waals surface area (Å²) in [4.78, 5) is 12.4. The van der Waals surface area contributed by atoms with Crippen molar-refractivity contribution < 1.29 is 9.53 Å². The van der Waals surface area contributed by atoms with Gasteiger partial charge in [0.15, 0.2) is 0 Å². The summed E-state index contributed by atoms with van der Waals surface area (Å²) in [5, 5.41) is 12.1. The van der Waals surface area contributed by atoms with E-state index < -0.39 is 5.91 Å². The van der Waals surface area contributed by atoms with E-state index in [1.54, 1.807) is 24.3 Å². The molecule has 4 nitrogen and oxygen atoms in total. The Labute approximate surface area is 157 Å². The van der Waals surface area contributed by atoms with Gasteiger partial charge in [0.2, 0.25) is 0 Å². The Hall–Kier alpha value is -2.10. The van der Waals surface area contributed by atoms with Crippen LogP contribution >= 0.6 is 31.9 Å². The molecule has 0 radical (unpaired) electrons. The fourth-order valence-corrected chi connectivity index (χ4v) is 2.74. The van der Waals surface area contributed by atoms with Gasteiger partial charge in [-0.3, -0.25) is 4.79 Å². The van der Waals surface area contributed by atoms with Crippen molar-refractivity contribution in [2.75, 3.05) is 11.9 Å². The lowest BCUT2D eigenvalue weighted by Gasteiger charge is -2.09. The Bertz CT molecular complexity index is 826. The number of anilines is 1. The van der Waals surface area contributed by atoms with Crippen LogP contribution in [0.2, 0.25) is 0 Å². The lowest BCUT2D eigenvalue weighted by molar-refractivity contribution is -0.112. The van der Waals surface area contributed by atoms with Crippen molar-refractivity contribution in [2.45, 2.75) is 6.92 Å². The quantitative estimate of drug-likeness (QED) is 0.506. The standard InChI is InChI=1S/C18H14Br2N2O2/c1-2-24-17-8-7-14(19)10-12(17)9-13(11-21)18(23)22-16-6-4-3-5-15(16)20/h3-10H,2H2,1H3,(H,22,23)/b13-9+. The molecule has 2 rings (SSSR count). The van der Waals surface area contributed by atoms with Crippen LogP contribution < -0.4 is 10.1 Å². The van der Waals surface area contributed by atoms with Gasteiger partial charge in [0, 0.05) is 14.5 Å². The van der Waals surface area contributed by atoms with Crippen LogP contribution in [0.1, 0.15) is 12.5 Å². The Balaban J connectivity index is 2.33. The molecule has 2 aromatic rings. The van der Waals surface area contributed by atoms with E-state index in [9.17, 15) is 10.1 Å². The summed E-state index contributed by atoms with van der Waals surface area (Å²) in [7, 11) is 0. The minimum atomic E-state index is -0.480. The molecular weight excluding hydrogens is 436 g/mol. The molecule has 1 N–H and O–H groups in total. The van der Waals surface area contributed by atoms with Gasteiger partial charge >= 0.3 is 0 Å². The molecule has 1 amide bonds. The average molecular weight is 450 g/mol. The molecule has 0 aliphatic heterocycles. The summed E-state index contributed by atoms with van der Waals surface area (Å²) in [5.74, 6) is 0.133. The van der Waals surface area contributed by atoms with Crippen molar-refractivity contribution >= 4 is 49.5 Å². The molecule has 0 saturated carbocycles. The van der Waals surface area contributed by atoms with Crippen LogP contribution in [0.25, 0.3) is 6.08 Å². The number of nitriles is 1. The number of ether oxygens (including phenoxy) is 1. The maximum Gasteiger partial charge on any atom is 0.266 e. The number of para-hydroxylation sites is 1. The first-order valence-electron chi connectivity index (χ1n) is 7.15. The van der Waals surface area contributed by atoms with Gasteiger partial charge in [0.25, 0.3) is 5.91 Å². The van der Waals surface area contributed by atoms with Crippen molar-refractivity contribution in [1.82, 2.24) is 0 Å². The number of hydrogen-bond acceptors (Lipinski definition) is 3. The molecule has 0 atom stereocenters. The minimum absolute atomic E-state index is 0.00944. The molecule has 0 unspecified atom stereocenters. The Kier molecular flexibility index (Phi) is 6.59. The van der Waals surface area contributed by atoms with Crippen molar-refractivity contribution in [3.05, 3.63) is 62.5 Å². The largest absolute Gasteiger partial charge is 0.493 e. The van der Waals surface area contributed by atoms with Crippen molar-refractivity contribution in [2.24, 2.45) is 0 Å². The number of carbonyl (C=O) groups excluding carboxylic acids is 1. The fourth-order valence-electron chi connectivity index (χ4n) is 1.98. The van der Waals surface area contributed by atoms with Gasteiger partial charge in [-0.15, -0.1) is 0 Å². The molecule has 0 saturated heterocycles. The molecule has 0 heterocycles. The van der Waals surface area contributed by atoms with E-state index >= 15 is 0 Å². The van der Waals surface area contributed by atoms with Crippen LogP contribution in [0.3, 0.4) is 0 Å². The lowest BCUT2D eigenvalue weighted by atomic mass is 10.1. The van der Waals surface area contributed by atoms with Crippen LogP contribution in [0, 0.1) is 11.3 Å². The maximum atomic E-state index is 12.4. The first-order valence-corrected chi connectivity index (χ1v) is 8.73. The van der Waals surface area contributed by atoms with Crippen LogP contribution in [0.15, 0.2) is 57.0 Å². The summed E-state index contributed by atoms with van der Waals surface area (Å²) < 4.78 is 7.12. The highest BCUT2D eigenvalue weighted by molar-refractivity contribution is 9.10. The Morgan fingerprint density at radius 3 is 2.71 bits per heavy atom. The van der Waals surface area contributed by atoms with E-state index in [1.165, 1.54) is 6.08 Å². The SMILES string of the molecule is CCOc1ccc(Br)cc1/C=C(\C#N)C(=O)Nc1ccccc1Br. The highest BCUT2D eigenvalue weighted by Crippen LogP contribution is 2.26. The van der Waals surface area contributed by atoms with Gasteiger partial charge in [-0.2, -0.15) is 5.26 Å². The van der Waals surface area contributed by atoms with Gasteiger partial charge in [0.05, 0.1) is 12.3 Å². The molecule has 122 valence electrons. The molecule has 0 aromatic heterocycles. The summed E-state index contributed by atoms with van der Waals surface area (Å²) in [6, 6.07) is 14.6. The summed E-state index contributed by atoms with van der Waals surface area (Å²) in [5.41, 5.74) is 1.25. The van der Waals surface area contributed by atoms with Crippen LogP contribution in [0.5, 0.6) is 5.75 Å². The summed E-state index contributed by atoms with van der Waals surface area (Å²) in [6.45, 7) is 2.37. The number of nitrogens with one attached hydrogen (secondary N) is 1. The molecule has 0 fully saturated rings. The molecule has 6 heteroatoms. The van der Waals surface area contributed by atoms with Crippen LogP contribution in [-0.2, 0) is 4.79 Å². The second kappa shape index (κ2) is 8.67. The average Bonchev–Trinajstić information content (AvgIpc) is 2.57. The normalized spacial score (nSPS) is 10.8. The number of hydrogen-bond donors (Lipinski definition) is 1. The number of rotatable bonds is 5. The number of nitrogens with zero attached hydrogens (tertiary/aromatic N) is 1. The zero-order valence-electron chi connectivity index (χ0n) is 12.8. The summed E-state index contributed by atoms with van der Waals surface area (Å²) >= 11 is 6.75.